The molecule has 0 radical (unpaired) electrons. The van der Waals surface area contributed by atoms with Crippen molar-refractivity contribution in [3.05, 3.63) is 25.6 Å². The molecule has 19 heavy (non-hydrogen) atoms. The largest absolute Gasteiger partial charge is 0.323 e. The highest BCUT2D eigenvalue weighted by atomic mass is 32.1. The van der Waals surface area contributed by atoms with Crippen molar-refractivity contribution in [3.63, 3.8) is 0 Å². The van der Waals surface area contributed by atoms with Gasteiger partial charge in [-0.1, -0.05) is 0 Å². The average Bonchev–Trinajstić information content (AvgIpc) is 2.53. The van der Waals surface area contributed by atoms with Gasteiger partial charge in [-0.15, -0.1) is 11.3 Å². The number of nitrogens with one attached hydrogen (secondary N) is 1. The molecule has 1 unspecified atom stereocenters. The van der Waals surface area contributed by atoms with E-state index in [2.05, 4.69) is 9.88 Å². The van der Waals surface area contributed by atoms with Crippen molar-refractivity contribution in [2.45, 2.75) is 26.8 Å². The quantitative estimate of drug-likeness (QED) is 0.886. The van der Waals surface area contributed by atoms with Gasteiger partial charge in [-0.05, 0) is 52.6 Å². The van der Waals surface area contributed by atoms with Crippen molar-refractivity contribution in [1.82, 2.24) is 14.5 Å². The highest BCUT2D eigenvalue weighted by Crippen LogP contribution is 2.26. The smallest absolute Gasteiger partial charge is 0.263 e. The molecule has 0 saturated heterocycles. The van der Waals surface area contributed by atoms with Gasteiger partial charge in [0.15, 0.2) is 4.77 Å². The zero-order valence-corrected chi connectivity index (χ0v) is 13.5. The highest BCUT2D eigenvalue weighted by Gasteiger charge is 2.16. The summed E-state index contributed by atoms with van der Waals surface area (Å²) in [6, 6.07) is 0.0512. The average molecular weight is 297 g/mol. The van der Waals surface area contributed by atoms with Crippen LogP contribution < -0.4 is 5.56 Å². The number of likely N-dealkylation sites (N-methyl/N-ethyl adjacent to an activating group) is 1. The second-order valence-corrected chi connectivity index (χ2v) is 6.82. The van der Waals surface area contributed by atoms with Gasteiger partial charge in [0.1, 0.15) is 4.83 Å². The van der Waals surface area contributed by atoms with E-state index in [9.17, 15) is 4.79 Å². The molecule has 2 heterocycles. The molecule has 0 aliphatic carbocycles. The Kier molecular flexibility index (Phi) is 3.94. The van der Waals surface area contributed by atoms with Gasteiger partial charge in [0, 0.05) is 17.5 Å². The Labute approximate surface area is 121 Å². The van der Waals surface area contributed by atoms with Crippen LogP contribution in [-0.2, 0) is 0 Å². The van der Waals surface area contributed by atoms with Gasteiger partial charge in [-0.2, -0.15) is 0 Å². The number of rotatable bonds is 3. The Morgan fingerprint density at radius 1 is 1.42 bits per heavy atom. The van der Waals surface area contributed by atoms with E-state index in [-0.39, 0.29) is 11.6 Å². The number of aromatic amines is 1. The minimum Gasteiger partial charge on any atom is -0.323 e. The standard InChI is InChI=1S/C13H19N3OS2/c1-7(6-15(4)5)16-12(17)10-8(2)9(3)19-11(10)14-13(16)18/h7H,6H2,1-5H3,(H,14,18). The lowest BCUT2D eigenvalue weighted by atomic mass is 10.2. The maximum atomic E-state index is 12.7. The summed E-state index contributed by atoms with van der Waals surface area (Å²) < 4.78 is 2.20. The molecule has 104 valence electrons. The number of aromatic nitrogens is 2. The summed E-state index contributed by atoms with van der Waals surface area (Å²) >= 11 is 6.94. The molecule has 0 spiro atoms. The van der Waals surface area contributed by atoms with E-state index in [1.54, 1.807) is 15.9 Å². The van der Waals surface area contributed by atoms with E-state index in [0.29, 0.717) is 4.77 Å². The van der Waals surface area contributed by atoms with Gasteiger partial charge in [-0.25, -0.2) is 0 Å². The number of thiophene rings is 1. The molecule has 0 aliphatic rings. The molecule has 2 aromatic heterocycles. The molecule has 2 rings (SSSR count). The zero-order chi connectivity index (χ0) is 14.3. The van der Waals surface area contributed by atoms with Gasteiger partial charge in [0.25, 0.3) is 5.56 Å². The first-order valence-corrected chi connectivity index (χ1v) is 7.44. The van der Waals surface area contributed by atoms with Gasteiger partial charge < -0.3 is 9.88 Å². The van der Waals surface area contributed by atoms with Crippen LogP contribution >= 0.6 is 23.6 Å². The molecule has 2 aromatic rings. The van der Waals surface area contributed by atoms with Gasteiger partial charge in [0.05, 0.1) is 5.39 Å². The molecule has 1 atom stereocenters. The normalized spacial score (nSPS) is 13.4. The van der Waals surface area contributed by atoms with Crippen molar-refractivity contribution in [2.75, 3.05) is 20.6 Å². The van der Waals surface area contributed by atoms with Gasteiger partial charge in [-0.3, -0.25) is 9.36 Å². The van der Waals surface area contributed by atoms with E-state index in [0.717, 1.165) is 27.2 Å². The van der Waals surface area contributed by atoms with Crippen LogP contribution in [0.1, 0.15) is 23.4 Å². The van der Waals surface area contributed by atoms with E-state index in [1.165, 1.54) is 0 Å². The fraction of sp³-hybridized carbons (Fsp3) is 0.538. The number of nitrogens with zero attached hydrogens (tertiary/aromatic N) is 2. The Hall–Kier alpha value is -0.980. The first-order chi connectivity index (χ1) is 8.82. The summed E-state index contributed by atoms with van der Waals surface area (Å²) in [5.41, 5.74) is 1.08. The summed E-state index contributed by atoms with van der Waals surface area (Å²) in [5, 5.41) is 0.779. The molecule has 0 fully saturated rings. The molecular formula is C13H19N3OS2. The second kappa shape index (κ2) is 5.19. The lowest BCUT2D eigenvalue weighted by Crippen LogP contribution is -2.31. The Morgan fingerprint density at radius 2 is 2.05 bits per heavy atom. The zero-order valence-electron chi connectivity index (χ0n) is 11.9. The van der Waals surface area contributed by atoms with Crippen molar-refractivity contribution >= 4 is 33.8 Å². The first-order valence-electron chi connectivity index (χ1n) is 6.22. The van der Waals surface area contributed by atoms with Crippen LogP contribution in [0.15, 0.2) is 4.79 Å². The van der Waals surface area contributed by atoms with Crippen LogP contribution in [0, 0.1) is 18.6 Å². The molecule has 1 N–H and O–H groups in total. The van der Waals surface area contributed by atoms with Gasteiger partial charge >= 0.3 is 0 Å². The monoisotopic (exact) mass is 297 g/mol. The van der Waals surface area contributed by atoms with E-state index in [4.69, 9.17) is 12.2 Å². The lowest BCUT2D eigenvalue weighted by Gasteiger charge is -2.19. The third-order valence-corrected chi connectivity index (χ3v) is 4.75. The summed E-state index contributed by atoms with van der Waals surface area (Å²) in [4.78, 5) is 20.0. The summed E-state index contributed by atoms with van der Waals surface area (Å²) in [6.45, 7) is 6.83. The summed E-state index contributed by atoms with van der Waals surface area (Å²) in [6.07, 6.45) is 0. The molecule has 0 saturated carbocycles. The van der Waals surface area contributed by atoms with E-state index < -0.39 is 0 Å². The van der Waals surface area contributed by atoms with Crippen LogP contribution in [0.2, 0.25) is 0 Å². The summed E-state index contributed by atoms with van der Waals surface area (Å²) in [7, 11) is 3.99. The third kappa shape index (κ3) is 2.52. The number of H-pyrrole nitrogens is 1. The Morgan fingerprint density at radius 3 is 2.63 bits per heavy atom. The molecule has 0 amide bonds. The summed E-state index contributed by atoms with van der Waals surface area (Å²) in [5.74, 6) is 0. The van der Waals surface area contributed by atoms with Crippen LogP contribution in [0.25, 0.3) is 10.2 Å². The topological polar surface area (TPSA) is 41.0 Å². The molecule has 0 aromatic carbocycles. The predicted molar refractivity (Wildman–Crippen MR) is 84.0 cm³/mol. The number of aryl methyl sites for hydroxylation is 2. The van der Waals surface area contributed by atoms with Crippen molar-refractivity contribution in [2.24, 2.45) is 0 Å². The predicted octanol–water partition coefficient (Wildman–Crippen LogP) is 2.86. The number of fused-ring (bicyclic) bond motifs is 1. The molecule has 6 heteroatoms. The Balaban J connectivity index is 2.72. The fourth-order valence-electron chi connectivity index (χ4n) is 2.35. The minimum absolute atomic E-state index is 0.0231. The number of hydrogen-bond acceptors (Lipinski definition) is 4. The van der Waals surface area contributed by atoms with Gasteiger partial charge in [0.2, 0.25) is 0 Å². The third-order valence-electron chi connectivity index (χ3n) is 3.33. The van der Waals surface area contributed by atoms with E-state index in [1.807, 2.05) is 34.9 Å². The molecule has 4 nitrogen and oxygen atoms in total. The maximum Gasteiger partial charge on any atom is 0.263 e. The minimum atomic E-state index is 0.0231. The maximum absolute atomic E-state index is 12.7. The number of hydrogen-bond donors (Lipinski definition) is 1. The van der Waals surface area contributed by atoms with E-state index >= 15 is 0 Å². The van der Waals surface area contributed by atoms with Crippen LogP contribution in [0.5, 0.6) is 0 Å². The molecule has 0 aliphatic heterocycles. The van der Waals surface area contributed by atoms with Crippen molar-refractivity contribution in [1.29, 1.82) is 0 Å². The highest BCUT2D eigenvalue weighted by molar-refractivity contribution is 7.71. The van der Waals surface area contributed by atoms with Crippen LogP contribution in [0.3, 0.4) is 0 Å². The van der Waals surface area contributed by atoms with Crippen LogP contribution in [-0.4, -0.2) is 35.1 Å². The molecular weight excluding hydrogens is 278 g/mol. The lowest BCUT2D eigenvalue weighted by molar-refractivity contribution is 0.330. The van der Waals surface area contributed by atoms with Crippen LogP contribution in [0.4, 0.5) is 0 Å². The van der Waals surface area contributed by atoms with Crippen molar-refractivity contribution < 1.29 is 0 Å². The fourth-order valence-corrected chi connectivity index (χ4v) is 3.83. The second-order valence-electron chi connectivity index (χ2n) is 5.20. The van der Waals surface area contributed by atoms with Crippen molar-refractivity contribution in [3.8, 4) is 0 Å². The molecule has 0 bridgehead atoms. The SMILES string of the molecule is Cc1sc2[nH]c(=S)n(C(C)CN(C)C)c(=O)c2c1C. The Bertz CT molecular complexity index is 724. The first kappa shape index (κ1) is 14.4.